The number of fused-ring (bicyclic) bond motifs is 1. The van der Waals surface area contributed by atoms with E-state index in [0.717, 1.165) is 23.8 Å². The van der Waals surface area contributed by atoms with Gasteiger partial charge in [0.25, 0.3) is 5.91 Å². The topological polar surface area (TPSA) is 70.2 Å². The summed E-state index contributed by atoms with van der Waals surface area (Å²) in [6.07, 6.45) is 5.88. The molecule has 144 valence electrons. The van der Waals surface area contributed by atoms with Crippen LogP contribution in [0.25, 0.3) is 16.5 Å². The molecule has 0 radical (unpaired) electrons. The number of para-hydroxylation sites is 1. The molecule has 0 spiro atoms. The predicted molar refractivity (Wildman–Crippen MR) is 111 cm³/mol. The van der Waals surface area contributed by atoms with Crippen molar-refractivity contribution in [2.45, 2.75) is 11.3 Å². The number of aromatic amines is 1. The number of carbonyl (C=O) groups excluding carboxylic acids is 1. The summed E-state index contributed by atoms with van der Waals surface area (Å²) in [7, 11) is -3.50. The molecule has 28 heavy (non-hydrogen) atoms. The van der Waals surface area contributed by atoms with Crippen molar-refractivity contribution in [3.8, 4) is 0 Å². The minimum absolute atomic E-state index is 0.0213. The van der Waals surface area contributed by atoms with E-state index in [-0.39, 0.29) is 15.8 Å². The van der Waals surface area contributed by atoms with Crippen molar-refractivity contribution in [3.05, 3.63) is 70.9 Å². The molecule has 2 heterocycles. The molecule has 7 heteroatoms. The van der Waals surface area contributed by atoms with E-state index in [2.05, 4.69) is 17.1 Å². The number of sulfone groups is 1. The molecule has 1 aromatic heterocycles. The number of carbonyl (C=O) groups is 1. The quantitative estimate of drug-likeness (QED) is 0.699. The second-order valence-electron chi connectivity index (χ2n) is 6.90. The highest BCUT2D eigenvalue weighted by molar-refractivity contribution is 7.90. The molecule has 0 unspecified atom stereocenters. The van der Waals surface area contributed by atoms with Gasteiger partial charge in [-0.2, -0.15) is 0 Å². The summed E-state index contributed by atoms with van der Waals surface area (Å²) < 4.78 is 23.7. The molecule has 0 atom stereocenters. The Morgan fingerprint density at radius 2 is 1.96 bits per heavy atom. The Kier molecular flexibility index (Phi) is 4.77. The Morgan fingerprint density at radius 1 is 1.18 bits per heavy atom. The third-order valence-electron chi connectivity index (χ3n) is 5.01. The SMILES string of the molecule is CS(=O)(=O)c1cc(C(=O)N2CC=C(c3c[nH]c4ccccc34)CC2)ccc1Cl. The maximum atomic E-state index is 12.8. The third kappa shape index (κ3) is 3.45. The minimum atomic E-state index is -3.50. The van der Waals surface area contributed by atoms with Crippen molar-refractivity contribution in [1.82, 2.24) is 9.88 Å². The first-order chi connectivity index (χ1) is 13.3. The molecule has 0 saturated heterocycles. The Labute approximate surface area is 168 Å². The van der Waals surface area contributed by atoms with E-state index < -0.39 is 9.84 Å². The summed E-state index contributed by atoms with van der Waals surface area (Å²) in [6, 6.07) is 12.5. The van der Waals surface area contributed by atoms with Gasteiger partial charge in [-0.25, -0.2) is 8.42 Å². The fourth-order valence-corrected chi connectivity index (χ4v) is 4.84. The molecule has 1 N–H and O–H groups in total. The number of hydrogen-bond acceptors (Lipinski definition) is 3. The number of nitrogens with one attached hydrogen (secondary N) is 1. The summed E-state index contributed by atoms with van der Waals surface area (Å²) in [6.45, 7) is 1.05. The largest absolute Gasteiger partial charge is 0.361 e. The van der Waals surface area contributed by atoms with E-state index in [9.17, 15) is 13.2 Å². The lowest BCUT2D eigenvalue weighted by Crippen LogP contribution is -2.34. The molecular formula is C21H19ClN2O3S. The number of nitrogens with zero attached hydrogens (tertiary/aromatic N) is 1. The molecule has 3 aromatic rings. The van der Waals surface area contributed by atoms with Gasteiger partial charge in [-0.3, -0.25) is 4.79 Å². The standard InChI is InChI=1S/C21H19ClN2O3S/c1-28(26,27)20-12-15(6-7-18(20)22)21(25)24-10-8-14(9-11-24)17-13-23-19-5-3-2-4-16(17)19/h2-8,12-13,23H,9-11H2,1H3. The van der Waals surface area contributed by atoms with Gasteiger partial charge in [-0.1, -0.05) is 35.9 Å². The Balaban J connectivity index is 1.57. The molecule has 1 aliphatic rings. The lowest BCUT2D eigenvalue weighted by atomic mass is 9.98. The second-order valence-corrected chi connectivity index (χ2v) is 9.29. The van der Waals surface area contributed by atoms with Crippen LogP contribution in [0.15, 0.2) is 59.6 Å². The zero-order valence-corrected chi connectivity index (χ0v) is 16.8. The number of hydrogen-bond donors (Lipinski definition) is 1. The normalized spacial score (nSPS) is 14.9. The number of benzene rings is 2. The van der Waals surface area contributed by atoms with Crippen LogP contribution in [0, 0.1) is 0 Å². The highest BCUT2D eigenvalue weighted by Crippen LogP contribution is 2.30. The molecule has 4 rings (SSSR count). The van der Waals surface area contributed by atoms with Crippen LogP contribution >= 0.6 is 11.6 Å². The lowest BCUT2D eigenvalue weighted by molar-refractivity contribution is 0.0772. The van der Waals surface area contributed by atoms with Crippen LogP contribution in [0.2, 0.25) is 5.02 Å². The fraction of sp³-hybridized carbons (Fsp3) is 0.190. The Bertz CT molecular complexity index is 1210. The first-order valence-corrected chi connectivity index (χ1v) is 11.2. The van der Waals surface area contributed by atoms with Crippen molar-refractivity contribution >= 4 is 43.8 Å². The van der Waals surface area contributed by atoms with E-state index in [1.807, 2.05) is 24.4 Å². The van der Waals surface area contributed by atoms with Gasteiger partial charge in [-0.15, -0.1) is 0 Å². The molecule has 0 bridgehead atoms. The first-order valence-electron chi connectivity index (χ1n) is 8.89. The average Bonchev–Trinajstić information content (AvgIpc) is 3.11. The fourth-order valence-electron chi connectivity index (χ4n) is 3.54. The maximum Gasteiger partial charge on any atom is 0.254 e. The van der Waals surface area contributed by atoms with Gasteiger partial charge in [0.15, 0.2) is 9.84 Å². The predicted octanol–water partition coefficient (Wildman–Crippen LogP) is 4.15. The molecule has 0 fully saturated rings. The number of halogens is 1. The molecule has 2 aromatic carbocycles. The summed E-state index contributed by atoms with van der Waals surface area (Å²) >= 11 is 5.98. The van der Waals surface area contributed by atoms with E-state index >= 15 is 0 Å². The number of rotatable bonds is 3. The smallest absolute Gasteiger partial charge is 0.254 e. The van der Waals surface area contributed by atoms with Crippen molar-refractivity contribution in [3.63, 3.8) is 0 Å². The molecular weight excluding hydrogens is 396 g/mol. The van der Waals surface area contributed by atoms with Gasteiger partial charge >= 0.3 is 0 Å². The summed E-state index contributed by atoms with van der Waals surface area (Å²) in [5.41, 5.74) is 3.78. The van der Waals surface area contributed by atoms with E-state index in [4.69, 9.17) is 11.6 Å². The average molecular weight is 415 g/mol. The summed E-state index contributed by atoms with van der Waals surface area (Å²) in [4.78, 5) is 17.8. The second kappa shape index (κ2) is 7.11. The zero-order chi connectivity index (χ0) is 19.9. The molecule has 0 aliphatic carbocycles. The van der Waals surface area contributed by atoms with Crippen LogP contribution in [-0.2, 0) is 9.84 Å². The highest BCUT2D eigenvalue weighted by Gasteiger charge is 2.22. The Morgan fingerprint density at radius 3 is 2.68 bits per heavy atom. The van der Waals surface area contributed by atoms with Crippen molar-refractivity contribution in [2.24, 2.45) is 0 Å². The summed E-state index contributed by atoms with van der Waals surface area (Å²) in [5, 5.41) is 1.29. The lowest BCUT2D eigenvalue weighted by Gasteiger charge is -2.26. The van der Waals surface area contributed by atoms with Crippen molar-refractivity contribution in [2.75, 3.05) is 19.3 Å². The molecule has 0 saturated carbocycles. The molecule has 1 aliphatic heterocycles. The minimum Gasteiger partial charge on any atom is -0.361 e. The highest BCUT2D eigenvalue weighted by atomic mass is 35.5. The van der Waals surface area contributed by atoms with Crippen LogP contribution in [0.4, 0.5) is 0 Å². The Hall–Kier alpha value is -2.57. The maximum absolute atomic E-state index is 12.8. The number of amides is 1. The summed E-state index contributed by atoms with van der Waals surface area (Å²) in [5.74, 6) is -0.198. The van der Waals surface area contributed by atoms with Gasteiger partial charge in [-0.05, 0) is 36.3 Å². The van der Waals surface area contributed by atoms with Gasteiger partial charge in [0.2, 0.25) is 0 Å². The first kappa shape index (κ1) is 18.8. The van der Waals surface area contributed by atoms with Gasteiger partial charge in [0.05, 0.1) is 9.92 Å². The molecule has 5 nitrogen and oxygen atoms in total. The zero-order valence-electron chi connectivity index (χ0n) is 15.3. The van der Waals surface area contributed by atoms with Gasteiger partial charge in [0.1, 0.15) is 0 Å². The van der Waals surface area contributed by atoms with E-state index in [1.165, 1.54) is 23.1 Å². The van der Waals surface area contributed by atoms with E-state index in [1.54, 1.807) is 11.0 Å². The van der Waals surface area contributed by atoms with Crippen LogP contribution in [0.5, 0.6) is 0 Å². The van der Waals surface area contributed by atoms with Crippen molar-refractivity contribution in [1.29, 1.82) is 0 Å². The number of aromatic nitrogens is 1. The number of H-pyrrole nitrogens is 1. The molecule has 1 amide bonds. The van der Waals surface area contributed by atoms with E-state index in [0.29, 0.717) is 18.7 Å². The monoisotopic (exact) mass is 414 g/mol. The van der Waals surface area contributed by atoms with Crippen LogP contribution in [0.1, 0.15) is 22.3 Å². The van der Waals surface area contributed by atoms with Crippen LogP contribution in [-0.4, -0.2) is 43.6 Å². The van der Waals surface area contributed by atoms with Crippen LogP contribution < -0.4 is 0 Å². The van der Waals surface area contributed by atoms with Gasteiger partial charge in [0, 0.05) is 47.6 Å². The third-order valence-corrected chi connectivity index (χ3v) is 6.59. The van der Waals surface area contributed by atoms with Crippen LogP contribution in [0.3, 0.4) is 0 Å². The van der Waals surface area contributed by atoms with Crippen molar-refractivity contribution < 1.29 is 13.2 Å². The van der Waals surface area contributed by atoms with Gasteiger partial charge < -0.3 is 9.88 Å².